The van der Waals surface area contributed by atoms with E-state index in [0.29, 0.717) is 11.8 Å². The van der Waals surface area contributed by atoms with Gasteiger partial charge >= 0.3 is 0 Å². The summed E-state index contributed by atoms with van der Waals surface area (Å²) in [6.45, 7) is 0.466. The van der Waals surface area contributed by atoms with Crippen molar-refractivity contribution in [2.24, 2.45) is 15.9 Å². The van der Waals surface area contributed by atoms with Crippen molar-refractivity contribution in [3.63, 3.8) is 0 Å². The van der Waals surface area contributed by atoms with E-state index in [1.807, 2.05) is 60.7 Å². The van der Waals surface area contributed by atoms with E-state index in [2.05, 4.69) is 54.2 Å². The number of halogens is 2. The Labute approximate surface area is 191 Å². The fourth-order valence-corrected chi connectivity index (χ4v) is 3.66. The molecule has 0 atom stereocenters. The van der Waals surface area contributed by atoms with Gasteiger partial charge in [-0.1, -0.05) is 86.1 Å². The van der Waals surface area contributed by atoms with Gasteiger partial charge in [-0.05, 0) is 41.5 Å². The molecule has 0 bridgehead atoms. The second kappa shape index (κ2) is 11.2. The van der Waals surface area contributed by atoms with Crippen molar-refractivity contribution >= 4 is 55.0 Å². The first-order valence-electron chi connectivity index (χ1n) is 8.80. The van der Waals surface area contributed by atoms with Crippen LogP contribution in [0.3, 0.4) is 0 Å². The van der Waals surface area contributed by atoms with Gasteiger partial charge in [-0.15, -0.1) is 5.10 Å². The van der Waals surface area contributed by atoms with Gasteiger partial charge in [0.1, 0.15) is 12.4 Å². The van der Waals surface area contributed by atoms with E-state index in [1.165, 1.54) is 17.3 Å². The number of ether oxygens (including phenoxy) is 1. The van der Waals surface area contributed by atoms with Crippen LogP contribution >= 0.6 is 43.6 Å². The molecule has 3 aromatic rings. The van der Waals surface area contributed by atoms with E-state index in [9.17, 15) is 0 Å². The Morgan fingerprint density at radius 3 is 2.41 bits per heavy atom. The lowest BCUT2D eigenvalue weighted by atomic mass is 10.2. The second-order valence-electron chi connectivity index (χ2n) is 6.05. The van der Waals surface area contributed by atoms with Gasteiger partial charge in [0.2, 0.25) is 0 Å². The molecule has 0 amide bonds. The summed E-state index contributed by atoms with van der Waals surface area (Å²) in [6.07, 6.45) is 1.65. The minimum Gasteiger partial charge on any atom is -0.488 e. The number of thioether (sulfide) groups is 1. The van der Waals surface area contributed by atoms with Crippen LogP contribution in [0.15, 0.2) is 91.9 Å². The number of hydrogen-bond acceptors (Lipinski definition) is 4. The van der Waals surface area contributed by atoms with Crippen LogP contribution in [0.5, 0.6) is 5.75 Å². The van der Waals surface area contributed by atoms with Gasteiger partial charge in [-0.3, -0.25) is 0 Å². The molecule has 7 heteroatoms. The number of benzene rings is 3. The molecule has 0 unspecified atom stereocenters. The monoisotopic (exact) mass is 531 g/mol. The molecule has 3 aromatic carbocycles. The van der Waals surface area contributed by atoms with Crippen LogP contribution in [-0.4, -0.2) is 11.4 Å². The molecule has 29 heavy (non-hydrogen) atoms. The molecule has 0 aromatic heterocycles. The van der Waals surface area contributed by atoms with Gasteiger partial charge in [-0.25, -0.2) is 0 Å². The third-order valence-electron chi connectivity index (χ3n) is 3.86. The molecule has 0 heterocycles. The fourth-order valence-electron chi connectivity index (χ4n) is 2.40. The largest absolute Gasteiger partial charge is 0.488 e. The van der Waals surface area contributed by atoms with Crippen molar-refractivity contribution in [3.8, 4) is 5.75 Å². The Bertz CT molecular complexity index is 993. The van der Waals surface area contributed by atoms with Crippen LogP contribution in [0, 0.1) is 0 Å². The number of rotatable bonds is 7. The zero-order chi connectivity index (χ0) is 20.5. The maximum absolute atomic E-state index is 5.97. The fraction of sp³-hybridized carbons (Fsp3) is 0.0909. The summed E-state index contributed by atoms with van der Waals surface area (Å²) in [6, 6.07) is 23.9. The molecular formula is C22H19Br2N3OS. The first kappa shape index (κ1) is 21.6. The van der Waals surface area contributed by atoms with Crippen molar-refractivity contribution in [3.05, 3.63) is 98.4 Å². The summed E-state index contributed by atoms with van der Waals surface area (Å²) in [5.41, 5.74) is 9.05. The normalized spacial score (nSPS) is 11.7. The van der Waals surface area contributed by atoms with Crippen molar-refractivity contribution in [1.29, 1.82) is 0 Å². The molecule has 0 aliphatic heterocycles. The van der Waals surface area contributed by atoms with E-state index in [4.69, 9.17) is 10.5 Å². The highest BCUT2D eigenvalue weighted by atomic mass is 79.9. The van der Waals surface area contributed by atoms with E-state index in [0.717, 1.165) is 31.6 Å². The zero-order valence-electron chi connectivity index (χ0n) is 15.5. The van der Waals surface area contributed by atoms with Crippen LogP contribution in [0.2, 0.25) is 0 Å². The number of nitrogens with zero attached hydrogens (tertiary/aromatic N) is 2. The van der Waals surface area contributed by atoms with Crippen LogP contribution in [0.25, 0.3) is 0 Å². The quantitative estimate of drug-likeness (QED) is 0.218. The Hall–Kier alpha value is -2.09. The maximum atomic E-state index is 5.97. The van der Waals surface area contributed by atoms with Gasteiger partial charge in [0.15, 0.2) is 5.17 Å². The lowest BCUT2D eigenvalue weighted by Gasteiger charge is -2.09. The lowest BCUT2D eigenvalue weighted by molar-refractivity contribution is 0.305. The van der Waals surface area contributed by atoms with Crippen LogP contribution in [0.4, 0.5) is 0 Å². The van der Waals surface area contributed by atoms with Crippen molar-refractivity contribution in [2.75, 3.05) is 0 Å². The Balaban J connectivity index is 1.62. The van der Waals surface area contributed by atoms with E-state index in [1.54, 1.807) is 6.21 Å². The average molecular weight is 533 g/mol. The molecule has 0 aliphatic carbocycles. The molecule has 148 valence electrons. The van der Waals surface area contributed by atoms with Crippen LogP contribution in [0.1, 0.15) is 16.7 Å². The molecule has 0 saturated carbocycles. The Kier molecular flexibility index (Phi) is 8.34. The average Bonchev–Trinajstić information content (AvgIpc) is 2.73. The number of hydrogen-bond donors (Lipinski definition) is 1. The first-order chi connectivity index (χ1) is 14.1. The smallest absolute Gasteiger partial charge is 0.180 e. The summed E-state index contributed by atoms with van der Waals surface area (Å²) in [5, 5.41) is 8.63. The van der Waals surface area contributed by atoms with Gasteiger partial charge in [0.05, 0.1) is 6.21 Å². The summed E-state index contributed by atoms with van der Waals surface area (Å²) >= 11 is 8.37. The standard InChI is InChI=1S/C22H19Br2N3OS/c23-19-8-6-16(7-9-19)14-28-21-11-10-20(24)12-18(21)13-26-27-22(25)29-15-17-4-2-1-3-5-17/h1-13H,14-15H2,(H2,25,27). The van der Waals surface area contributed by atoms with Crippen LogP contribution < -0.4 is 10.5 Å². The first-order valence-corrected chi connectivity index (χ1v) is 11.4. The highest BCUT2D eigenvalue weighted by Gasteiger charge is 2.04. The van der Waals surface area contributed by atoms with E-state index in [-0.39, 0.29) is 0 Å². The maximum Gasteiger partial charge on any atom is 0.180 e. The highest BCUT2D eigenvalue weighted by molar-refractivity contribution is 9.10. The third kappa shape index (κ3) is 7.34. The Morgan fingerprint density at radius 2 is 1.66 bits per heavy atom. The topological polar surface area (TPSA) is 60.0 Å². The third-order valence-corrected chi connectivity index (χ3v) is 5.74. The summed E-state index contributed by atoms with van der Waals surface area (Å²) in [7, 11) is 0. The minimum absolute atomic E-state index is 0.414. The summed E-state index contributed by atoms with van der Waals surface area (Å²) in [4.78, 5) is 0. The predicted octanol–water partition coefficient (Wildman–Crippen LogP) is 6.37. The van der Waals surface area contributed by atoms with Crippen molar-refractivity contribution < 1.29 is 4.74 Å². The number of nitrogens with two attached hydrogens (primary N) is 1. The molecule has 4 nitrogen and oxygen atoms in total. The molecule has 0 spiro atoms. The van der Waals surface area contributed by atoms with Gasteiger partial charge in [0.25, 0.3) is 0 Å². The SMILES string of the molecule is NC(=NN=Cc1cc(Br)ccc1OCc1ccc(Br)cc1)SCc1ccccc1. The van der Waals surface area contributed by atoms with Gasteiger partial charge in [0, 0.05) is 20.3 Å². The number of amidine groups is 1. The van der Waals surface area contributed by atoms with Gasteiger partial charge in [-0.2, -0.15) is 5.10 Å². The summed E-state index contributed by atoms with van der Waals surface area (Å²) < 4.78 is 7.94. The molecule has 2 N–H and O–H groups in total. The summed E-state index contributed by atoms with van der Waals surface area (Å²) in [5.74, 6) is 1.48. The molecule has 0 saturated heterocycles. The van der Waals surface area contributed by atoms with E-state index >= 15 is 0 Å². The molecule has 0 radical (unpaired) electrons. The second-order valence-corrected chi connectivity index (χ2v) is 8.88. The zero-order valence-corrected chi connectivity index (χ0v) is 19.5. The predicted molar refractivity (Wildman–Crippen MR) is 130 cm³/mol. The molecule has 3 rings (SSSR count). The van der Waals surface area contributed by atoms with Crippen LogP contribution in [-0.2, 0) is 12.4 Å². The highest BCUT2D eigenvalue weighted by Crippen LogP contribution is 2.23. The van der Waals surface area contributed by atoms with Gasteiger partial charge < -0.3 is 10.5 Å². The molecule has 0 fully saturated rings. The Morgan fingerprint density at radius 1 is 0.931 bits per heavy atom. The molecular weight excluding hydrogens is 514 g/mol. The van der Waals surface area contributed by atoms with E-state index < -0.39 is 0 Å². The van der Waals surface area contributed by atoms with Crippen molar-refractivity contribution in [1.82, 2.24) is 0 Å². The van der Waals surface area contributed by atoms with Crippen molar-refractivity contribution in [2.45, 2.75) is 12.4 Å². The lowest BCUT2D eigenvalue weighted by Crippen LogP contribution is -2.06. The minimum atomic E-state index is 0.414. The molecule has 0 aliphatic rings.